The minimum atomic E-state index is -0.662. The second kappa shape index (κ2) is 8.82. The van der Waals surface area contributed by atoms with Crippen LogP contribution in [-0.2, 0) is 25.7 Å². The first-order chi connectivity index (χ1) is 15.0. The average Bonchev–Trinajstić information content (AvgIpc) is 3.35. The first-order valence-corrected chi connectivity index (χ1v) is 11.9. The Labute approximate surface area is 186 Å². The van der Waals surface area contributed by atoms with Gasteiger partial charge in [0.2, 0.25) is 11.8 Å². The molecule has 1 spiro atoms. The molecule has 3 aliphatic heterocycles. The third-order valence-corrected chi connectivity index (χ3v) is 9.00. The number of aliphatic hydroxyl groups is 1. The summed E-state index contributed by atoms with van der Waals surface area (Å²) in [5.41, 5.74) is 0.983. The molecule has 6 atom stereocenters. The highest BCUT2D eigenvalue weighted by molar-refractivity contribution is 8.02. The number of carbonyl (C=O) groups excluding carboxylic acids is 3. The van der Waals surface area contributed by atoms with Crippen LogP contribution >= 0.6 is 11.8 Å². The Morgan fingerprint density at radius 2 is 2.06 bits per heavy atom. The highest BCUT2D eigenvalue weighted by atomic mass is 32.2. The molecule has 0 radical (unpaired) electrons. The van der Waals surface area contributed by atoms with Gasteiger partial charge in [-0.1, -0.05) is 37.3 Å². The van der Waals surface area contributed by atoms with E-state index in [2.05, 4.69) is 12.2 Å². The van der Waals surface area contributed by atoms with Crippen LogP contribution in [-0.4, -0.2) is 63.6 Å². The van der Waals surface area contributed by atoms with Gasteiger partial charge in [0.15, 0.2) is 0 Å². The molecule has 8 heteroatoms. The maximum atomic E-state index is 13.6. The number of aliphatic hydroxyl groups excluding tert-OH is 1. The number of benzene rings is 1. The molecule has 1 aromatic carbocycles. The van der Waals surface area contributed by atoms with Gasteiger partial charge < -0.3 is 20.1 Å². The second-order valence-electron chi connectivity index (χ2n) is 8.62. The number of hydrogen-bond donors (Lipinski definition) is 2. The molecule has 3 saturated heterocycles. The Kier molecular flexibility index (Phi) is 6.30. The van der Waals surface area contributed by atoms with Crippen LogP contribution < -0.4 is 5.32 Å². The SMILES string of the molecule is CCOC(=O)[C@@H]1[C@@H]2CC(C)C3(S2)C(C(=O)NCc2ccccc2)N(CCCO)C(=O)[C@H]13. The molecule has 2 amide bonds. The Balaban J connectivity index is 1.65. The van der Waals surface area contributed by atoms with E-state index < -0.39 is 22.6 Å². The minimum Gasteiger partial charge on any atom is -0.466 e. The number of nitrogens with zero attached hydrogens (tertiary/aromatic N) is 1. The van der Waals surface area contributed by atoms with Crippen LogP contribution in [0.5, 0.6) is 0 Å². The average molecular weight is 447 g/mol. The summed E-state index contributed by atoms with van der Waals surface area (Å²) in [5, 5.41) is 12.4. The van der Waals surface area contributed by atoms with Crippen molar-refractivity contribution in [2.45, 2.75) is 49.3 Å². The number of rotatable bonds is 8. The monoisotopic (exact) mass is 446 g/mol. The number of nitrogens with one attached hydrogen (secondary N) is 1. The van der Waals surface area contributed by atoms with Crippen molar-refractivity contribution in [1.29, 1.82) is 0 Å². The zero-order chi connectivity index (χ0) is 22.2. The lowest BCUT2D eigenvalue weighted by Gasteiger charge is -2.38. The highest BCUT2D eigenvalue weighted by Crippen LogP contribution is 2.68. The van der Waals surface area contributed by atoms with E-state index >= 15 is 0 Å². The van der Waals surface area contributed by atoms with Crippen molar-refractivity contribution in [3.05, 3.63) is 35.9 Å². The van der Waals surface area contributed by atoms with Crippen LogP contribution in [0.2, 0.25) is 0 Å². The van der Waals surface area contributed by atoms with Gasteiger partial charge in [-0.05, 0) is 31.2 Å². The lowest BCUT2D eigenvalue weighted by atomic mass is 9.66. The molecular formula is C23H30N2O5S. The normalized spacial score (nSPS) is 33.5. The summed E-state index contributed by atoms with van der Waals surface area (Å²) in [6, 6.07) is 8.99. The first kappa shape index (κ1) is 22.1. The van der Waals surface area contributed by atoms with Crippen molar-refractivity contribution in [1.82, 2.24) is 10.2 Å². The lowest BCUT2D eigenvalue weighted by molar-refractivity contribution is -0.154. The van der Waals surface area contributed by atoms with Crippen molar-refractivity contribution >= 4 is 29.5 Å². The predicted octanol–water partition coefficient (Wildman–Crippen LogP) is 1.59. The number of thioether (sulfide) groups is 1. The molecular weight excluding hydrogens is 416 g/mol. The van der Waals surface area contributed by atoms with Crippen molar-refractivity contribution < 1.29 is 24.2 Å². The third kappa shape index (κ3) is 3.53. The summed E-state index contributed by atoms with van der Waals surface area (Å²) in [6.07, 6.45) is 1.18. The Hall–Kier alpha value is -2.06. The first-order valence-electron chi connectivity index (χ1n) is 11.0. The number of likely N-dealkylation sites (tertiary alicyclic amines) is 1. The maximum absolute atomic E-state index is 13.6. The number of esters is 1. The maximum Gasteiger partial charge on any atom is 0.310 e. The fourth-order valence-corrected chi connectivity index (χ4v) is 8.10. The van der Waals surface area contributed by atoms with Crippen molar-refractivity contribution in [2.24, 2.45) is 17.8 Å². The quantitative estimate of drug-likeness (QED) is 0.589. The minimum absolute atomic E-state index is 0.00702. The van der Waals surface area contributed by atoms with Crippen molar-refractivity contribution in [2.75, 3.05) is 19.8 Å². The number of amides is 2. The second-order valence-corrected chi connectivity index (χ2v) is 10.2. The molecule has 3 heterocycles. The van der Waals surface area contributed by atoms with Gasteiger partial charge in [-0.25, -0.2) is 0 Å². The smallest absolute Gasteiger partial charge is 0.310 e. The van der Waals surface area contributed by atoms with Crippen LogP contribution in [0.3, 0.4) is 0 Å². The van der Waals surface area contributed by atoms with E-state index in [1.54, 1.807) is 23.6 Å². The van der Waals surface area contributed by atoms with Gasteiger partial charge in [0.25, 0.3) is 0 Å². The van der Waals surface area contributed by atoms with E-state index in [1.165, 1.54) is 0 Å². The molecule has 31 heavy (non-hydrogen) atoms. The number of hydrogen-bond acceptors (Lipinski definition) is 6. The Bertz CT molecular complexity index is 850. The standard InChI is InChI=1S/C23H30N2O5S/c1-3-30-22(29)17-16-12-14(2)23(31-16)18(17)21(28)25(10-7-11-26)19(23)20(27)24-13-15-8-5-4-6-9-15/h4-6,8-9,14,16-19,26H,3,7,10-13H2,1-2H3,(H,24,27)/t14?,16-,17+,18-,19?,23?/m0/s1. The van der Waals surface area contributed by atoms with Gasteiger partial charge in [0.1, 0.15) is 6.04 Å². The highest BCUT2D eigenvalue weighted by Gasteiger charge is 2.76. The Morgan fingerprint density at radius 1 is 1.32 bits per heavy atom. The van der Waals surface area contributed by atoms with Gasteiger partial charge in [-0.15, -0.1) is 11.8 Å². The topological polar surface area (TPSA) is 95.9 Å². The summed E-state index contributed by atoms with van der Waals surface area (Å²) < 4.78 is 4.68. The van der Waals surface area contributed by atoms with Gasteiger partial charge in [0, 0.05) is 24.9 Å². The van der Waals surface area contributed by atoms with Crippen molar-refractivity contribution in [3.8, 4) is 0 Å². The van der Waals surface area contributed by atoms with Gasteiger partial charge >= 0.3 is 5.97 Å². The molecule has 1 aromatic rings. The van der Waals surface area contributed by atoms with Crippen LogP contribution in [0.1, 0.15) is 32.3 Å². The summed E-state index contributed by atoms with van der Waals surface area (Å²) in [7, 11) is 0. The number of fused-ring (bicyclic) bond motifs is 1. The van der Waals surface area contributed by atoms with Gasteiger partial charge in [-0.3, -0.25) is 14.4 Å². The molecule has 3 aliphatic rings. The summed E-state index contributed by atoms with van der Waals surface area (Å²) in [4.78, 5) is 41.5. The summed E-state index contributed by atoms with van der Waals surface area (Å²) in [5.74, 6) is -1.64. The lowest BCUT2D eigenvalue weighted by Crippen LogP contribution is -2.56. The van der Waals surface area contributed by atoms with E-state index in [4.69, 9.17) is 4.74 Å². The van der Waals surface area contributed by atoms with E-state index in [-0.39, 0.29) is 42.2 Å². The fraction of sp³-hybridized carbons (Fsp3) is 0.609. The zero-order valence-corrected chi connectivity index (χ0v) is 18.8. The molecule has 0 aromatic heterocycles. The summed E-state index contributed by atoms with van der Waals surface area (Å²) in [6.45, 7) is 4.73. The molecule has 3 fully saturated rings. The van der Waals surface area contributed by atoms with Gasteiger partial charge in [0.05, 0.1) is 23.2 Å². The van der Waals surface area contributed by atoms with Crippen LogP contribution in [0.4, 0.5) is 0 Å². The van der Waals surface area contributed by atoms with Gasteiger partial charge in [-0.2, -0.15) is 0 Å². The molecule has 168 valence electrons. The van der Waals surface area contributed by atoms with E-state index in [0.717, 1.165) is 12.0 Å². The molecule has 3 unspecified atom stereocenters. The molecule has 4 rings (SSSR count). The molecule has 7 nitrogen and oxygen atoms in total. The molecule has 0 saturated carbocycles. The van der Waals surface area contributed by atoms with Crippen LogP contribution in [0.25, 0.3) is 0 Å². The van der Waals surface area contributed by atoms with E-state index in [9.17, 15) is 19.5 Å². The third-order valence-electron chi connectivity index (χ3n) is 6.92. The zero-order valence-electron chi connectivity index (χ0n) is 18.0. The molecule has 0 aliphatic carbocycles. The van der Waals surface area contributed by atoms with Crippen LogP contribution in [0.15, 0.2) is 30.3 Å². The van der Waals surface area contributed by atoms with E-state index in [1.807, 2.05) is 30.3 Å². The number of carbonyl (C=O) groups is 3. The van der Waals surface area contributed by atoms with E-state index in [0.29, 0.717) is 19.5 Å². The molecule has 2 N–H and O–H groups in total. The Morgan fingerprint density at radius 3 is 2.74 bits per heavy atom. The fourth-order valence-electron chi connectivity index (χ4n) is 5.69. The predicted molar refractivity (Wildman–Crippen MR) is 117 cm³/mol. The largest absolute Gasteiger partial charge is 0.466 e. The number of ether oxygens (including phenoxy) is 1. The van der Waals surface area contributed by atoms with Crippen molar-refractivity contribution in [3.63, 3.8) is 0 Å². The van der Waals surface area contributed by atoms with Crippen LogP contribution in [0, 0.1) is 17.8 Å². The molecule has 2 bridgehead atoms. The summed E-state index contributed by atoms with van der Waals surface area (Å²) >= 11 is 1.63.